The number of ketones is 1. The highest BCUT2D eigenvalue weighted by Gasteiger charge is 2.55. The highest BCUT2D eigenvalue weighted by atomic mass is 35.5. The van der Waals surface area contributed by atoms with Crippen LogP contribution in [0.25, 0.3) is 22.0 Å². The number of pyridine rings is 1. The first-order valence-corrected chi connectivity index (χ1v) is 12.7. The number of hydrogen-bond donors (Lipinski definition) is 0. The van der Waals surface area contributed by atoms with Crippen molar-refractivity contribution in [1.82, 2.24) is 9.88 Å². The zero-order valence-electron chi connectivity index (χ0n) is 20.8. The van der Waals surface area contributed by atoms with E-state index in [2.05, 4.69) is 11.1 Å². The number of aromatic nitrogens is 1. The number of carbonyl (C=O) groups excluding carboxylic acids is 2. The number of alkyl halides is 1. The number of benzene rings is 3. The largest absolute Gasteiger partial charge is 0.317 e. The number of Topliss-reactive ketones (excluding diaryl/α,β-unsaturated/α-hetero) is 1. The van der Waals surface area contributed by atoms with Gasteiger partial charge < -0.3 is 4.90 Å². The Balaban J connectivity index is 1.40. The van der Waals surface area contributed by atoms with Gasteiger partial charge in [-0.3, -0.25) is 14.6 Å². The fraction of sp³-hybridized carbons (Fsp3) is 0.226. The zero-order valence-corrected chi connectivity index (χ0v) is 21.6. The third-order valence-electron chi connectivity index (χ3n) is 7.10. The molecule has 5 nitrogen and oxygen atoms in total. The second-order valence-corrected chi connectivity index (χ2v) is 10.4. The maximum absolute atomic E-state index is 15.2. The average molecular weight is 526 g/mol. The molecule has 7 heteroatoms. The highest BCUT2D eigenvalue weighted by Crippen LogP contribution is 2.45. The topological polar surface area (TPSA) is 74.1 Å². The lowest BCUT2D eigenvalue weighted by Crippen LogP contribution is -2.44. The van der Waals surface area contributed by atoms with Crippen LogP contribution < -0.4 is 0 Å². The van der Waals surface area contributed by atoms with Crippen LogP contribution in [0.5, 0.6) is 0 Å². The van der Waals surface area contributed by atoms with Crippen LogP contribution in [0.2, 0.25) is 5.02 Å². The van der Waals surface area contributed by atoms with Crippen molar-refractivity contribution < 1.29 is 14.0 Å². The van der Waals surface area contributed by atoms with E-state index in [1.54, 1.807) is 54.7 Å². The van der Waals surface area contributed by atoms with E-state index in [0.29, 0.717) is 27.1 Å². The summed E-state index contributed by atoms with van der Waals surface area (Å²) in [7, 11) is 0. The summed E-state index contributed by atoms with van der Waals surface area (Å²) in [6.07, 6.45) is 1.25. The summed E-state index contributed by atoms with van der Waals surface area (Å²) >= 11 is 6.02. The minimum absolute atomic E-state index is 0.0705. The number of rotatable bonds is 6. The standard InChI is InChI=1S/C31H25ClFN3O2/c1-30(33)18-31(19-34,23-5-3-2-4-6-23)36(20-30)29(38)14-13-28(37)25-15-16-35-27-12-9-22(17-26(25)27)21-7-10-24(32)11-8-21/h2-12,15-17H,13-14,18,20H2,1H3/t30?,31-/m0/s1. The fourth-order valence-electron chi connectivity index (χ4n) is 5.29. The number of amides is 1. The number of likely N-dealkylation sites (tertiary alicyclic amines) is 1. The van der Waals surface area contributed by atoms with Crippen LogP contribution in [0, 0.1) is 11.3 Å². The first-order valence-electron chi connectivity index (χ1n) is 12.4. The second-order valence-electron chi connectivity index (χ2n) is 9.93. The van der Waals surface area contributed by atoms with E-state index in [4.69, 9.17) is 11.6 Å². The molecule has 2 atom stereocenters. The molecular weight excluding hydrogens is 501 g/mol. The van der Waals surface area contributed by atoms with Crippen LogP contribution in [-0.2, 0) is 10.3 Å². The van der Waals surface area contributed by atoms with Crippen molar-refractivity contribution in [2.45, 2.75) is 37.4 Å². The summed E-state index contributed by atoms with van der Waals surface area (Å²) < 4.78 is 15.2. The highest BCUT2D eigenvalue weighted by molar-refractivity contribution is 6.30. The van der Waals surface area contributed by atoms with Gasteiger partial charge in [-0.15, -0.1) is 0 Å². The Morgan fingerprint density at radius 3 is 2.45 bits per heavy atom. The molecule has 38 heavy (non-hydrogen) atoms. The van der Waals surface area contributed by atoms with Crippen LogP contribution in [0.1, 0.15) is 42.1 Å². The number of hydrogen-bond acceptors (Lipinski definition) is 4. The summed E-state index contributed by atoms with van der Waals surface area (Å²) in [5.74, 6) is -0.645. The molecule has 4 aromatic rings. The van der Waals surface area contributed by atoms with Gasteiger partial charge in [-0.05, 0) is 53.9 Å². The molecule has 2 heterocycles. The Labute approximate surface area is 225 Å². The maximum atomic E-state index is 15.2. The van der Waals surface area contributed by atoms with E-state index >= 15 is 4.39 Å². The molecule has 190 valence electrons. The van der Waals surface area contributed by atoms with Crippen molar-refractivity contribution in [3.05, 3.63) is 101 Å². The van der Waals surface area contributed by atoms with Crippen molar-refractivity contribution in [2.24, 2.45) is 0 Å². The van der Waals surface area contributed by atoms with Crippen molar-refractivity contribution in [1.29, 1.82) is 5.26 Å². The van der Waals surface area contributed by atoms with Gasteiger partial charge in [0.25, 0.3) is 0 Å². The Morgan fingerprint density at radius 1 is 1.03 bits per heavy atom. The normalized spacial score (nSPS) is 20.8. The zero-order chi connectivity index (χ0) is 26.9. The Kier molecular flexibility index (Phi) is 6.73. The molecule has 0 bridgehead atoms. The molecule has 0 radical (unpaired) electrons. The molecule has 1 saturated heterocycles. The Hall–Kier alpha value is -4.08. The molecule has 1 aromatic heterocycles. The summed E-state index contributed by atoms with van der Waals surface area (Å²) in [4.78, 5) is 32.4. The lowest BCUT2D eigenvalue weighted by molar-refractivity contribution is -0.134. The Bertz CT molecular complexity index is 1560. The minimum Gasteiger partial charge on any atom is -0.317 e. The SMILES string of the molecule is CC1(F)CN(C(=O)CCC(=O)c2ccnc3ccc(-c4ccc(Cl)cc4)cc23)[C@@](C#N)(c2ccccc2)C1. The predicted octanol–water partition coefficient (Wildman–Crippen LogP) is 6.90. The van der Waals surface area contributed by atoms with E-state index in [-0.39, 0.29) is 31.6 Å². The maximum Gasteiger partial charge on any atom is 0.224 e. The lowest BCUT2D eigenvalue weighted by atomic mass is 9.85. The van der Waals surface area contributed by atoms with Gasteiger partial charge in [-0.2, -0.15) is 5.26 Å². The molecule has 0 spiro atoms. The van der Waals surface area contributed by atoms with Crippen LogP contribution in [0.3, 0.4) is 0 Å². The van der Waals surface area contributed by atoms with E-state index in [1.807, 2.05) is 30.3 Å². The molecule has 0 aliphatic carbocycles. The third kappa shape index (κ3) is 4.78. The number of nitriles is 1. The molecule has 1 aliphatic heterocycles. The quantitative estimate of drug-likeness (QED) is 0.257. The smallest absolute Gasteiger partial charge is 0.224 e. The van der Waals surface area contributed by atoms with E-state index in [1.165, 1.54) is 11.8 Å². The van der Waals surface area contributed by atoms with Gasteiger partial charge in [0.1, 0.15) is 5.67 Å². The van der Waals surface area contributed by atoms with Crippen LogP contribution in [-0.4, -0.2) is 33.8 Å². The van der Waals surface area contributed by atoms with Gasteiger partial charge in [0.2, 0.25) is 5.91 Å². The van der Waals surface area contributed by atoms with Crippen molar-refractivity contribution in [3.8, 4) is 17.2 Å². The van der Waals surface area contributed by atoms with E-state index in [0.717, 1.165) is 11.1 Å². The summed E-state index contributed by atoms with van der Waals surface area (Å²) in [6.45, 7) is 1.20. The summed E-state index contributed by atoms with van der Waals surface area (Å²) in [5.41, 5.74) is 0.425. The summed E-state index contributed by atoms with van der Waals surface area (Å²) in [6, 6.07) is 25.8. The number of halogens is 2. The van der Waals surface area contributed by atoms with Crippen molar-refractivity contribution >= 4 is 34.2 Å². The number of carbonyl (C=O) groups is 2. The van der Waals surface area contributed by atoms with Gasteiger partial charge in [-0.1, -0.05) is 60.1 Å². The third-order valence-corrected chi connectivity index (χ3v) is 7.35. The van der Waals surface area contributed by atoms with Gasteiger partial charge in [0.05, 0.1) is 18.1 Å². The fourth-order valence-corrected chi connectivity index (χ4v) is 5.41. The molecular formula is C31H25ClFN3O2. The van der Waals surface area contributed by atoms with E-state index in [9.17, 15) is 14.9 Å². The molecule has 0 saturated carbocycles. The van der Waals surface area contributed by atoms with Crippen molar-refractivity contribution in [3.63, 3.8) is 0 Å². The van der Waals surface area contributed by atoms with E-state index < -0.39 is 17.1 Å². The average Bonchev–Trinajstić information content (AvgIpc) is 3.23. The molecule has 0 N–H and O–H groups in total. The van der Waals surface area contributed by atoms with Gasteiger partial charge in [0, 0.05) is 41.4 Å². The van der Waals surface area contributed by atoms with Gasteiger partial charge >= 0.3 is 0 Å². The molecule has 5 rings (SSSR count). The molecule has 1 unspecified atom stereocenters. The first kappa shape index (κ1) is 25.6. The van der Waals surface area contributed by atoms with Gasteiger partial charge in [-0.25, -0.2) is 4.39 Å². The number of fused-ring (bicyclic) bond motifs is 1. The molecule has 1 aliphatic rings. The van der Waals surface area contributed by atoms with Gasteiger partial charge in [0.15, 0.2) is 11.3 Å². The molecule has 1 fully saturated rings. The summed E-state index contributed by atoms with van der Waals surface area (Å²) in [5, 5.41) is 11.5. The lowest BCUT2D eigenvalue weighted by Gasteiger charge is -2.32. The molecule has 3 aromatic carbocycles. The minimum atomic E-state index is -1.72. The monoisotopic (exact) mass is 525 g/mol. The predicted molar refractivity (Wildman–Crippen MR) is 145 cm³/mol. The van der Waals surface area contributed by atoms with Crippen LogP contribution in [0.4, 0.5) is 4.39 Å². The Morgan fingerprint density at radius 2 is 1.74 bits per heavy atom. The van der Waals surface area contributed by atoms with Crippen molar-refractivity contribution in [2.75, 3.05) is 6.54 Å². The second kappa shape index (κ2) is 10.00. The molecule has 1 amide bonds. The van der Waals surface area contributed by atoms with Crippen LogP contribution in [0.15, 0.2) is 85.1 Å². The number of nitrogens with zero attached hydrogens (tertiary/aromatic N) is 3. The first-order chi connectivity index (χ1) is 18.2. The van der Waals surface area contributed by atoms with Crippen LogP contribution >= 0.6 is 11.6 Å².